The molecule has 0 amide bonds. The first-order chi connectivity index (χ1) is 5.74. The Morgan fingerprint density at radius 2 is 2.17 bits per heavy atom. The van der Waals surface area contributed by atoms with E-state index in [0.717, 1.165) is 25.7 Å². The first-order valence-corrected chi connectivity index (χ1v) is 4.55. The molecule has 0 aromatic carbocycles. The van der Waals surface area contributed by atoms with Gasteiger partial charge in [-0.25, -0.2) is 0 Å². The van der Waals surface area contributed by atoms with Crippen molar-refractivity contribution in [3.05, 3.63) is 0 Å². The van der Waals surface area contributed by atoms with E-state index in [-0.39, 0.29) is 24.6 Å². The molecule has 1 unspecified atom stereocenters. The molecular formula is C9H16O3. The van der Waals surface area contributed by atoms with Crippen LogP contribution in [0.4, 0.5) is 0 Å². The van der Waals surface area contributed by atoms with E-state index >= 15 is 0 Å². The lowest BCUT2D eigenvalue weighted by molar-refractivity contribution is -0.154. The van der Waals surface area contributed by atoms with E-state index in [1.807, 2.05) is 0 Å². The molecule has 1 N–H and O–H groups in total. The maximum atomic E-state index is 11.3. The first kappa shape index (κ1) is 9.52. The Balaban J connectivity index is 2.27. The van der Waals surface area contributed by atoms with Gasteiger partial charge in [-0.05, 0) is 19.8 Å². The number of hydrogen-bond donors (Lipinski definition) is 1. The Bertz CT molecular complexity index is 150. The van der Waals surface area contributed by atoms with Crippen molar-refractivity contribution in [3.8, 4) is 0 Å². The van der Waals surface area contributed by atoms with Crippen molar-refractivity contribution >= 4 is 5.97 Å². The molecule has 0 aromatic rings. The van der Waals surface area contributed by atoms with Crippen LogP contribution in [0, 0.1) is 5.92 Å². The summed E-state index contributed by atoms with van der Waals surface area (Å²) in [5.74, 6) is -0.0342. The van der Waals surface area contributed by atoms with Crippen LogP contribution in [0.2, 0.25) is 0 Å². The summed E-state index contributed by atoms with van der Waals surface area (Å²) in [6.07, 6.45) is 3.83. The fraction of sp³-hybridized carbons (Fsp3) is 0.889. The number of carbonyl (C=O) groups excluding carboxylic acids is 1. The summed E-state index contributed by atoms with van der Waals surface area (Å²) in [5, 5.41) is 8.65. The smallest absolute Gasteiger partial charge is 0.309 e. The van der Waals surface area contributed by atoms with Crippen LogP contribution < -0.4 is 0 Å². The van der Waals surface area contributed by atoms with Crippen molar-refractivity contribution in [2.24, 2.45) is 5.92 Å². The second-order valence-corrected chi connectivity index (χ2v) is 3.41. The summed E-state index contributed by atoms with van der Waals surface area (Å²) in [6, 6.07) is 0. The third-order valence-electron chi connectivity index (χ3n) is 2.26. The number of hydrogen-bond acceptors (Lipinski definition) is 3. The van der Waals surface area contributed by atoms with Gasteiger partial charge in [0.05, 0.1) is 12.5 Å². The van der Waals surface area contributed by atoms with Crippen LogP contribution in [0.1, 0.15) is 32.6 Å². The van der Waals surface area contributed by atoms with E-state index < -0.39 is 0 Å². The molecule has 0 aromatic heterocycles. The van der Waals surface area contributed by atoms with Crippen LogP contribution >= 0.6 is 0 Å². The van der Waals surface area contributed by atoms with E-state index in [0.29, 0.717) is 0 Å². The zero-order valence-electron chi connectivity index (χ0n) is 7.45. The highest BCUT2D eigenvalue weighted by Gasteiger charge is 2.24. The second-order valence-electron chi connectivity index (χ2n) is 3.41. The molecule has 0 radical (unpaired) electrons. The van der Waals surface area contributed by atoms with Crippen molar-refractivity contribution < 1.29 is 14.6 Å². The number of ether oxygens (including phenoxy) is 1. The van der Waals surface area contributed by atoms with Gasteiger partial charge in [-0.1, -0.05) is 12.8 Å². The Morgan fingerprint density at radius 1 is 1.58 bits per heavy atom. The number of esters is 1. The van der Waals surface area contributed by atoms with Crippen LogP contribution in [-0.2, 0) is 9.53 Å². The molecule has 3 heteroatoms. The minimum atomic E-state index is -0.349. The summed E-state index contributed by atoms with van der Waals surface area (Å²) in [6.45, 7) is 1.62. The quantitative estimate of drug-likeness (QED) is 0.648. The Morgan fingerprint density at radius 3 is 2.67 bits per heavy atom. The number of aliphatic hydroxyl groups excluding tert-OH is 1. The van der Waals surface area contributed by atoms with Gasteiger partial charge < -0.3 is 9.84 Å². The van der Waals surface area contributed by atoms with Gasteiger partial charge in [0.2, 0.25) is 0 Å². The molecule has 0 bridgehead atoms. The van der Waals surface area contributed by atoms with Gasteiger partial charge in [-0.15, -0.1) is 0 Å². The highest BCUT2D eigenvalue weighted by Crippen LogP contribution is 2.25. The lowest BCUT2D eigenvalue weighted by Crippen LogP contribution is -2.23. The van der Waals surface area contributed by atoms with E-state index in [1.165, 1.54) is 0 Å². The standard InChI is InChI=1S/C9H16O3/c1-7(6-10)12-9(11)8-4-2-3-5-8/h7-8,10H,2-6H2,1H3. The Kier molecular flexibility index (Phi) is 3.53. The largest absolute Gasteiger partial charge is 0.460 e. The lowest BCUT2D eigenvalue weighted by Gasteiger charge is -2.13. The second kappa shape index (κ2) is 4.45. The van der Waals surface area contributed by atoms with Gasteiger partial charge in [0.15, 0.2) is 0 Å². The predicted molar refractivity (Wildman–Crippen MR) is 44.6 cm³/mol. The summed E-state index contributed by atoms with van der Waals surface area (Å²) in [7, 11) is 0. The molecule has 70 valence electrons. The zero-order chi connectivity index (χ0) is 8.97. The fourth-order valence-corrected chi connectivity index (χ4v) is 1.49. The highest BCUT2D eigenvalue weighted by molar-refractivity contribution is 5.72. The lowest BCUT2D eigenvalue weighted by atomic mass is 10.1. The van der Waals surface area contributed by atoms with Gasteiger partial charge >= 0.3 is 5.97 Å². The van der Waals surface area contributed by atoms with E-state index in [2.05, 4.69) is 0 Å². The third-order valence-corrected chi connectivity index (χ3v) is 2.26. The topological polar surface area (TPSA) is 46.5 Å². The van der Waals surface area contributed by atoms with Crippen molar-refractivity contribution in [2.45, 2.75) is 38.7 Å². The molecule has 0 heterocycles. The molecule has 1 aliphatic rings. The molecule has 0 saturated heterocycles. The van der Waals surface area contributed by atoms with Gasteiger partial charge in [0.25, 0.3) is 0 Å². The van der Waals surface area contributed by atoms with Gasteiger partial charge in [0.1, 0.15) is 6.10 Å². The van der Waals surface area contributed by atoms with Crippen molar-refractivity contribution in [2.75, 3.05) is 6.61 Å². The molecule has 1 rings (SSSR count). The average Bonchev–Trinajstić information content (AvgIpc) is 2.56. The third kappa shape index (κ3) is 2.48. The molecule has 1 saturated carbocycles. The number of aliphatic hydroxyl groups is 1. The molecule has 12 heavy (non-hydrogen) atoms. The van der Waals surface area contributed by atoms with Crippen LogP contribution in [0.5, 0.6) is 0 Å². The summed E-state index contributed by atoms with van der Waals surface area (Å²) < 4.78 is 4.99. The zero-order valence-corrected chi connectivity index (χ0v) is 7.45. The molecular weight excluding hydrogens is 156 g/mol. The Hall–Kier alpha value is -0.570. The van der Waals surface area contributed by atoms with Crippen molar-refractivity contribution in [1.29, 1.82) is 0 Å². The number of carbonyl (C=O) groups is 1. The molecule has 0 aliphatic heterocycles. The van der Waals surface area contributed by atoms with Crippen LogP contribution in [0.25, 0.3) is 0 Å². The normalized spacial score (nSPS) is 20.8. The SMILES string of the molecule is CC(CO)OC(=O)C1CCCC1. The number of rotatable bonds is 3. The molecule has 1 fully saturated rings. The maximum absolute atomic E-state index is 11.3. The molecule has 1 atom stereocenters. The summed E-state index contributed by atoms with van der Waals surface area (Å²) in [5.41, 5.74) is 0. The summed E-state index contributed by atoms with van der Waals surface area (Å²) in [4.78, 5) is 11.3. The van der Waals surface area contributed by atoms with Gasteiger partial charge in [-0.3, -0.25) is 4.79 Å². The van der Waals surface area contributed by atoms with Gasteiger partial charge in [0, 0.05) is 0 Å². The van der Waals surface area contributed by atoms with Crippen LogP contribution in [0.3, 0.4) is 0 Å². The fourth-order valence-electron chi connectivity index (χ4n) is 1.49. The molecule has 1 aliphatic carbocycles. The van der Waals surface area contributed by atoms with E-state index in [1.54, 1.807) is 6.92 Å². The first-order valence-electron chi connectivity index (χ1n) is 4.55. The average molecular weight is 172 g/mol. The van der Waals surface area contributed by atoms with Crippen molar-refractivity contribution in [3.63, 3.8) is 0 Å². The molecule has 0 spiro atoms. The highest BCUT2D eigenvalue weighted by atomic mass is 16.6. The van der Waals surface area contributed by atoms with Crippen LogP contribution in [0.15, 0.2) is 0 Å². The molecule has 3 nitrogen and oxygen atoms in total. The maximum Gasteiger partial charge on any atom is 0.309 e. The van der Waals surface area contributed by atoms with Crippen LogP contribution in [-0.4, -0.2) is 23.8 Å². The summed E-state index contributed by atoms with van der Waals surface area (Å²) >= 11 is 0. The Labute approximate surface area is 72.7 Å². The monoisotopic (exact) mass is 172 g/mol. The van der Waals surface area contributed by atoms with Crippen molar-refractivity contribution in [1.82, 2.24) is 0 Å². The van der Waals surface area contributed by atoms with E-state index in [9.17, 15) is 4.79 Å². The predicted octanol–water partition coefficient (Wildman–Crippen LogP) is 1.10. The van der Waals surface area contributed by atoms with E-state index in [4.69, 9.17) is 9.84 Å². The minimum absolute atomic E-state index is 0.0849. The minimum Gasteiger partial charge on any atom is -0.460 e. The van der Waals surface area contributed by atoms with Gasteiger partial charge in [-0.2, -0.15) is 0 Å².